The number of carbonyl (C=O) groups excluding carboxylic acids is 1. The lowest BCUT2D eigenvalue weighted by molar-refractivity contribution is -0.139. The van der Waals surface area contributed by atoms with Crippen LogP contribution < -0.4 is 4.74 Å². The minimum Gasteiger partial charge on any atom is -0.497 e. The molecule has 0 saturated heterocycles. The number of hydrogen-bond donors (Lipinski definition) is 0. The first-order valence-corrected chi connectivity index (χ1v) is 5.23. The molecule has 0 N–H and O–H groups in total. The van der Waals surface area contributed by atoms with Crippen molar-refractivity contribution in [1.82, 2.24) is 4.98 Å². The van der Waals surface area contributed by atoms with Gasteiger partial charge in [-0.2, -0.15) is 0 Å². The van der Waals surface area contributed by atoms with Crippen LogP contribution in [0, 0.1) is 0 Å². The van der Waals surface area contributed by atoms with E-state index in [1.54, 1.807) is 7.11 Å². The van der Waals surface area contributed by atoms with E-state index in [-0.39, 0.29) is 12.4 Å². The molecule has 1 aromatic carbocycles. The van der Waals surface area contributed by atoms with Gasteiger partial charge in [0.25, 0.3) is 0 Å². The molecule has 0 aliphatic heterocycles. The molecule has 0 amide bonds. The summed E-state index contributed by atoms with van der Waals surface area (Å²) in [5.41, 5.74) is 1.50. The first-order valence-electron chi connectivity index (χ1n) is 5.23. The summed E-state index contributed by atoms with van der Waals surface area (Å²) < 4.78 is 9.74. The Morgan fingerprint density at radius 1 is 1.24 bits per heavy atom. The number of nitrogens with zero attached hydrogens (tertiary/aromatic N) is 1. The van der Waals surface area contributed by atoms with Gasteiger partial charge in [0.05, 0.1) is 31.9 Å². The Bertz CT molecular complexity index is 551. The van der Waals surface area contributed by atoms with Gasteiger partial charge >= 0.3 is 5.97 Å². The molecule has 1 aromatic heterocycles. The van der Waals surface area contributed by atoms with Gasteiger partial charge in [-0.15, -0.1) is 0 Å². The maximum atomic E-state index is 11.2. The molecule has 88 valence electrons. The van der Waals surface area contributed by atoms with Gasteiger partial charge in [0, 0.05) is 11.5 Å². The van der Waals surface area contributed by atoms with E-state index in [0.29, 0.717) is 5.69 Å². The maximum absolute atomic E-state index is 11.2. The summed E-state index contributed by atoms with van der Waals surface area (Å²) in [7, 11) is 2.98. The summed E-state index contributed by atoms with van der Waals surface area (Å²) in [5.74, 6) is 0.458. The van der Waals surface area contributed by atoms with Crippen LogP contribution in [0.1, 0.15) is 5.69 Å². The molecule has 0 spiro atoms. The lowest BCUT2D eigenvalue weighted by Crippen LogP contribution is -2.05. The zero-order valence-electron chi connectivity index (χ0n) is 9.77. The molecule has 0 atom stereocenters. The van der Waals surface area contributed by atoms with Crippen molar-refractivity contribution in [3.63, 3.8) is 0 Å². The Kier molecular flexibility index (Phi) is 3.23. The molecule has 0 bridgehead atoms. The van der Waals surface area contributed by atoms with E-state index in [1.807, 2.05) is 30.3 Å². The van der Waals surface area contributed by atoms with Crippen LogP contribution in [-0.4, -0.2) is 25.2 Å². The highest BCUT2D eigenvalue weighted by Gasteiger charge is 2.05. The highest BCUT2D eigenvalue weighted by molar-refractivity contribution is 5.81. The average Bonchev–Trinajstić information content (AvgIpc) is 2.37. The number of esters is 1. The van der Waals surface area contributed by atoms with Gasteiger partial charge in [0.15, 0.2) is 0 Å². The zero-order chi connectivity index (χ0) is 12.3. The molecule has 0 aliphatic rings. The molecule has 17 heavy (non-hydrogen) atoms. The van der Waals surface area contributed by atoms with E-state index in [9.17, 15) is 4.79 Å². The van der Waals surface area contributed by atoms with Gasteiger partial charge in [-0.3, -0.25) is 9.78 Å². The molecule has 0 fully saturated rings. The number of pyridine rings is 1. The third kappa shape index (κ3) is 2.53. The van der Waals surface area contributed by atoms with Crippen LogP contribution in [-0.2, 0) is 16.0 Å². The summed E-state index contributed by atoms with van der Waals surface area (Å²) in [4.78, 5) is 15.5. The molecular formula is C13H13NO3. The van der Waals surface area contributed by atoms with Crippen LogP contribution in [0.15, 0.2) is 30.3 Å². The average molecular weight is 231 g/mol. The van der Waals surface area contributed by atoms with Crippen LogP contribution in [0.2, 0.25) is 0 Å². The predicted molar refractivity (Wildman–Crippen MR) is 64.0 cm³/mol. The Balaban J connectivity index is 2.37. The highest BCUT2D eigenvalue weighted by atomic mass is 16.5. The van der Waals surface area contributed by atoms with Gasteiger partial charge < -0.3 is 9.47 Å². The number of benzene rings is 1. The van der Waals surface area contributed by atoms with Gasteiger partial charge in [-0.05, 0) is 18.2 Å². The summed E-state index contributed by atoms with van der Waals surface area (Å²) in [6, 6.07) is 9.41. The minimum absolute atomic E-state index is 0.184. The second-order valence-electron chi connectivity index (χ2n) is 3.61. The van der Waals surface area contributed by atoms with Crippen molar-refractivity contribution in [2.45, 2.75) is 6.42 Å². The quantitative estimate of drug-likeness (QED) is 0.758. The number of methoxy groups -OCH3 is 2. The van der Waals surface area contributed by atoms with Gasteiger partial charge in [0.2, 0.25) is 0 Å². The van der Waals surface area contributed by atoms with Crippen molar-refractivity contribution >= 4 is 16.9 Å². The summed E-state index contributed by atoms with van der Waals surface area (Å²) in [5, 5.41) is 1.01. The lowest BCUT2D eigenvalue weighted by atomic mass is 10.1. The standard InChI is InChI=1S/C13H13NO3/c1-16-11-6-4-9-3-5-10(7-13(15)17-2)14-12(9)8-11/h3-6,8H,7H2,1-2H3. The normalized spacial score (nSPS) is 10.2. The fraction of sp³-hybridized carbons (Fsp3) is 0.231. The maximum Gasteiger partial charge on any atom is 0.311 e. The highest BCUT2D eigenvalue weighted by Crippen LogP contribution is 2.19. The van der Waals surface area contributed by atoms with Crippen LogP contribution >= 0.6 is 0 Å². The molecule has 0 aliphatic carbocycles. The molecule has 2 rings (SSSR count). The van der Waals surface area contributed by atoms with E-state index >= 15 is 0 Å². The van der Waals surface area contributed by atoms with Crippen molar-refractivity contribution in [2.75, 3.05) is 14.2 Å². The minimum atomic E-state index is -0.292. The molecule has 2 aromatic rings. The van der Waals surface area contributed by atoms with Crippen molar-refractivity contribution in [2.24, 2.45) is 0 Å². The number of ether oxygens (including phenoxy) is 2. The topological polar surface area (TPSA) is 48.4 Å². The van der Waals surface area contributed by atoms with Crippen molar-refractivity contribution in [1.29, 1.82) is 0 Å². The second kappa shape index (κ2) is 4.82. The van der Waals surface area contributed by atoms with E-state index < -0.39 is 0 Å². The molecule has 0 radical (unpaired) electrons. The van der Waals surface area contributed by atoms with E-state index in [4.69, 9.17) is 4.74 Å². The Morgan fingerprint density at radius 3 is 2.71 bits per heavy atom. The van der Waals surface area contributed by atoms with Gasteiger partial charge in [-0.1, -0.05) is 6.07 Å². The fourth-order valence-corrected chi connectivity index (χ4v) is 1.58. The predicted octanol–water partition coefficient (Wildman–Crippen LogP) is 1.96. The number of aromatic nitrogens is 1. The smallest absolute Gasteiger partial charge is 0.311 e. The summed E-state index contributed by atoms with van der Waals surface area (Å²) in [6.07, 6.45) is 0.184. The van der Waals surface area contributed by atoms with E-state index in [0.717, 1.165) is 16.7 Å². The van der Waals surface area contributed by atoms with Crippen molar-refractivity contribution in [3.8, 4) is 5.75 Å². The van der Waals surface area contributed by atoms with Gasteiger partial charge in [-0.25, -0.2) is 0 Å². The number of fused-ring (bicyclic) bond motifs is 1. The summed E-state index contributed by atoms with van der Waals surface area (Å²) in [6.45, 7) is 0. The van der Waals surface area contributed by atoms with Crippen molar-refractivity contribution in [3.05, 3.63) is 36.0 Å². The molecular weight excluding hydrogens is 218 g/mol. The first kappa shape index (κ1) is 11.4. The molecule has 4 heteroatoms. The Labute approximate surface area is 99.2 Å². The summed E-state index contributed by atoms with van der Waals surface area (Å²) >= 11 is 0. The fourth-order valence-electron chi connectivity index (χ4n) is 1.58. The first-order chi connectivity index (χ1) is 8.22. The van der Waals surface area contributed by atoms with Gasteiger partial charge in [0.1, 0.15) is 5.75 Å². The van der Waals surface area contributed by atoms with Crippen LogP contribution in [0.5, 0.6) is 5.75 Å². The lowest BCUT2D eigenvalue weighted by Gasteiger charge is -2.04. The van der Waals surface area contributed by atoms with Crippen LogP contribution in [0.4, 0.5) is 0 Å². The van der Waals surface area contributed by atoms with E-state index in [1.165, 1.54) is 7.11 Å². The van der Waals surface area contributed by atoms with Crippen LogP contribution in [0.3, 0.4) is 0 Å². The molecule has 1 heterocycles. The third-order valence-corrected chi connectivity index (χ3v) is 2.51. The zero-order valence-corrected chi connectivity index (χ0v) is 9.77. The number of rotatable bonds is 3. The van der Waals surface area contributed by atoms with Crippen molar-refractivity contribution < 1.29 is 14.3 Å². The Hall–Kier alpha value is -2.10. The SMILES string of the molecule is COC(=O)Cc1ccc2ccc(OC)cc2n1. The van der Waals surface area contributed by atoms with E-state index in [2.05, 4.69) is 9.72 Å². The van der Waals surface area contributed by atoms with Crippen LogP contribution in [0.25, 0.3) is 10.9 Å². The third-order valence-electron chi connectivity index (χ3n) is 2.51. The monoisotopic (exact) mass is 231 g/mol. The second-order valence-corrected chi connectivity index (χ2v) is 3.61. The number of carbonyl (C=O) groups is 1. The molecule has 0 unspecified atom stereocenters. The number of hydrogen-bond acceptors (Lipinski definition) is 4. The largest absolute Gasteiger partial charge is 0.497 e. The Morgan fingerprint density at radius 2 is 2.00 bits per heavy atom. The molecule has 0 saturated carbocycles. The molecule has 4 nitrogen and oxygen atoms in total.